The quantitative estimate of drug-likeness (QED) is 0.173. The van der Waals surface area contributed by atoms with Crippen molar-refractivity contribution in [2.24, 2.45) is 0 Å². The fourth-order valence-corrected chi connectivity index (χ4v) is 4.70. The molecule has 0 atom stereocenters. The number of benzene rings is 3. The van der Waals surface area contributed by atoms with Crippen molar-refractivity contribution in [3.63, 3.8) is 0 Å². The maximum absolute atomic E-state index is 13.0. The van der Waals surface area contributed by atoms with Crippen LogP contribution in [0.1, 0.15) is 25.3 Å². The Morgan fingerprint density at radius 3 is 2.20 bits per heavy atom. The monoisotopic (exact) mass is 547 g/mol. The first kappa shape index (κ1) is 28.8. The molecule has 8 heteroatoms. The Kier molecular flexibility index (Phi) is 9.91. The van der Waals surface area contributed by atoms with Gasteiger partial charge in [0.05, 0.1) is 35.0 Å². The highest BCUT2D eigenvalue weighted by atomic mass is 16.5. The number of nitrogens with zero attached hydrogens (tertiary/aromatic N) is 1. The molecular weight excluding hydrogens is 510 g/mol. The van der Waals surface area contributed by atoms with Crippen LogP contribution in [0, 0.1) is 0 Å². The van der Waals surface area contributed by atoms with Gasteiger partial charge in [-0.3, -0.25) is 9.69 Å². The molecule has 0 amide bonds. The summed E-state index contributed by atoms with van der Waals surface area (Å²) >= 11 is 0. The van der Waals surface area contributed by atoms with E-state index in [2.05, 4.69) is 17.9 Å². The van der Waals surface area contributed by atoms with Crippen LogP contribution in [0.2, 0.25) is 0 Å². The standard InChI is InChI=1S/C32H37NO7/c1-6-33(21-23-11-7-8-12-26(23)35-2)17-9-10-18-39-24-15-13-22(14-16-24)27-19-25(34)30-28(40-27)20-29(36-3)31(37-4)32(30)38-5/h7-8,11-16,19-20H,6,9-10,17-18,21H2,1-5H3. The van der Waals surface area contributed by atoms with Crippen LogP contribution in [0.5, 0.6) is 28.7 Å². The van der Waals surface area contributed by atoms with Crippen LogP contribution in [0.4, 0.5) is 0 Å². The van der Waals surface area contributed by atoms with Crippen molar-refractivity contribution in [1.29, 1.82) is 0 Å². The van der Waals surface area contributed by atoms with Crippen molar-refractivity contribution in [3.8, 4) is 40.1 Å². The molecule has 0 fully saturated rings. The number of fused-ring (bicyclic) bond motifs is 1. The second-order valence-electron chi connectivity index (χ2n) is 9.25. The zero-order valence-electron chi connectivity index (χ0n) is 23.8. The van der Waals surface area contributed by atoms with Gasteiger partial charge in [-0.25, -0.2) is 0 Å². The Balaban J connectivity index is 1.36. The fourth-order valence-electron chi connectivity index (χ4n) is 4.70. The van der Waals surface area contributed by atoms with Crippen molar-refractivity contribution in [1.82, 2.24) is 4.90 Å². The summed E-state index contributed by atoms with van der Waals surface area (Å²) in [5, 5.41) is 0.299. The lowest BCUT2D eigenvalue weighted by Gasteiger charge is -2.21. The highest BCUT2D eigenvalue weighted by Gasteiger charge is 2.20. The summed E-state index contributed by atoms with van der Waals surface area (Å²) in [5.74, 6) is 3.17. The molecule has 0 unspecified atom stereocenters. The van der Waals surface area contributed by atoms with Gasteiger partial charge in [0.25, 0.3) is 0 Å². The molecule has 0 N–H and O–H groups in total. The molecule has 0 radical (unpaired) electrons. The van der Waals surface area contributed by atoms with Crippen molar-refractivity contribution in [3.05, 3.63) is 76.5 Å². The van der Waals surface area contributed by atoms with Gasteiger partial charge in [0.1, 0.15) is 28.2 Å². The number of methoxy groups -OCH3 is 4. The van der Waals surface area contributed by atoms with Crippen molar-refractivity contribution in [2.45, 2.75) is 26.3 Å². The second kappa shape index (κ2) is 13.8. The summed E-state index contributed by atoms with van der Waals surface area (Å²) in [7, 11) is 6.20. The van der Waals surface area contributed by atoms with Gasteiger partial charge in [-0.2, -0.15) is 0 Å². The molecule has 8 nitrogen and oxygen atoms in total. The maximum atomic E-state index is 13.0. The minimum atomic E-state index is -0.235. The third kappa shape index (κ3) is 6.51. The van der Waals surface area contributed by atoms with Crippen LogP contribution in [-0.4, -0.2) is 53.0 Å². The molecule has 0 saturated carbocycles. The zero-order chi connectivity index (χ0) is 28.5. The molecule has 1 aromatic heterocycles. The van der Waals surface area contributed by atoms with E-state index in [1.54, 1.807) is 13.2 Å². The smallest absolute Gasteiger partial charge is 0.204 e. The predicted octanol–water partition coefficient (Wildman–Crippen LogP) is 6.18. The Hall–Kier alpha value is -4.17. The van der Waals surface area contributed by atoms with E-state index in [1.807, 2.05) is 42.5 Å². The second-order valence-corrected chi connectivity index (χ2v) is 9.25. The van der Waals surface area contributed by atoms with Crippen molar-refractivity contribution in [2.75, 3.05) is 48.1 Å². The van der Waals surface area contributed by atoms with Gasteiger partial charge in [0.2, 0.25) is 5.75 Å². The number of para-hydroxylation sites is 1. The summed E-state index contributed by atoms with van der Waals surface area (Å²) in [5.41, 5.74) is 2.07. The maximum Gasteiger partial charge on any atom is 0.204 e. The van der Waals surface area contributed by atoms with E-state index in [4.69, 9.17) is 28.1 Å². The molecule has 0 saturated heterocycles. The Morgan fingerprint density at radius 1 is 0.800 bits per heavy atom. The fraction of sp³-hybridized carbons (Fsp3) is 0.344. The predicted molar refractivity (Wildman–Crippen MR) is 156 cm³/mol. The van der Waals surface area contributed by atoms with Gasteiger partial charge in [0.15, 0.2) is 16.9 Å². The van der Waals surface area contributed by atoms with Gasteiger partial charge in [-0.1, -0.05) is 25.1 Å². The number of rotatable bonds is 14. The summed E-state index contributed by atoms with van der Waals surface area (Å²) in [4.78, 5) is 15.4. The van der Waals surface area contributed by atoms with E-state index < -0.39 is 0 Å². The summed E-state index contributed by atoms with van der Waals surface area (Å²) < 4.78 is 33.8. The minimum Gasteiger partial charge on any atom is -0.496 e. The average molecular weight is 548 g/mol. The van der Waals surface area contributed by atoms with E-state index in [1.165, 1.54) is 33.0 Å². The SMILES string of the molecule is CCN(CCCCOc1ccc(-c2cc(=O)c3c(OC)c(OC)c(OC)cc3o2)cc1)Cc1ccccc1OC. The lowest BCUT2D eigenvalue weighted by Crippen LogP contribution is -2.24. The van der Waals surface area contributed by atoms with E-state index in [0.29, 0.717) is 34.8 Å². The van der Waals surface area contributed by atoms with Crippen molar-refractivity contribution < 1.29 is 28.1 Å². The molecule has 0 aliphatic carbocycles. The van der Waals surface area contributed by atoms with Gasteiger partial charge in [0, 0.05) is 29.8 Å². The van der Waals surface area contributed by atoms with Crippen LogP contribution in [-0.2, 0) is 6.54 Å². The van der Waals surface area contributed by atoms with E-state index in [9.17, 15) is 4.79 Å². The van der Waals surface area contributed by atoms with E-state index >= 15 is 0 Å². The highest BCUT2D eigenvalue weighted by molar-refractivity contribution is 5.90. The summed E-state index contributed by atoms with van der Waals surface area (Å²) in [6, 6.07) is 18.8. The number of unbranched alkanes of at least 4 members (excludes halogenated alkanes) is 1. The van der Waals surface area contributed by atoms with Crippen molar-refractivity contribution >= 4 is 11.0 Å². The zero-order valence-corrected chi connectivity index (χ0v) is 23.8. The van der Waals surface area contributed by atoms with Gasteiger partial charge >= 0.3 is 0 Å². The first-order chi connectivity index (χ1) is 19.5. The van der Waals surface area contributed by atoms with Gasteiger partial charge < -0.3 is 28.1 Å². The normalized spacial score (nSPS) is 11.1. The van der Waals surface area contributed by atoms with Crippen LogP contribution >= 0.6 is 0 Å². The van der Waals surface area contributed by atoms with Gasteiger partial charge in [-0.05, 0) is 56.3 Å². The Bertz CT molecular complexity index is 1460. The third-order valence-electron chi connectivity index (χ3n) is 6.83. The van der Waals surface area contributed by atoms with Crippen LogP contribution < -0.4 is 29.1 Å². The Morgan fingerprint density at radius 2 is 1.52 bits per heavy atom. The number of ether oxygens (including phenoxy) is 5. The van der Waals surface area contributed by atoms with Crippen LogP contribution in [0.25, 0.3) is 22.3 Å². The molecule has 0 bridgehead atoms. The topological polar surface area (TPSA) is 79.6 Å². The molecule has 0 aliphatic heterocycles. The highest BCUT2D eigenvalue weighted by Crippen LogP contribution is 2.42. The third-order valence-corrected chi connectivity index (χ3v) is 6.83. The molecular formula is C32H37NO7. The lowest BCUT2D eigenvalue weighted by molar-refractivity contribution is 0.249. The molecule has 4 rings (SSSR count). The molecule has 1 heterocycles. The molecule has 0 spiro atoms. The molecule has 0 aliphatic rings. The molecule has 3 aromatic carbocycles. The van der Waals surface area contributed by atoms with E-state index in [0.717, 1.165) is 49.5 Å². The van der Waals surface area contributed by atoms with Crippen LogP contribution in [0.3, 0.4) is 0 Å². The molecule has 4 aromatic rings. The first-order valence-electron chi connectivity index (χ1n) is 13.4. The Labute approximate surface area is 235 Å². The van der Waals surface area contributed by atoms with Gasteiger partial charge in [-0.15, -0.1) is 0 Å². The minimum absolute atomic E-state index is 0.235. The molecule has 40 heavy (non-hydrogen) atoms. The van der Waals surface area contributed by atoms with E-state index in [-0.39, 0.29) is 11.2 Å². The number of hydrogen-bond donors (Lipinski definition) is 0. The van der Waals surface area contributed by atoms with Crippen LogP contribution in [0.15, 0.2) is 69.9 Å². The first-order valence-corrected chi connectivity index (χ1v) is 13.4. The largest absolute Gasteiger partial charge is 0.496 e. The lowest BCUT2D eigenvalue weighted by atomic mass is 10.1. The summed E-state index contributed by atoms with van der Waals surface area (Å²) in [6.07, 6.45) is 1.97. The molecule has 212 valence electrons. The number of hydrogen-bond acceptors (Lipinski definition) is 8. The summed E-state index contributed by atoms with van der Waals surface area (Å²) in [6.45, 7) is 5.62. The average Bonchev–Trinajstić information content (AvgIpc) is 2.99.